The van der Waals surface area contributed by atoms with Crippen LogP contribution in [0.15, 0.2) is 22.7 Å². The molecule has 15 heavy (non-hydrogen) atoms. The molecule has 0 saturated heterocycles. The number of halogens is 1. The van der Waals surface area contributed by atoms with Gasteiger partial charge in [0.25, 0.3) is 5.69 Å². The highest BCUT2D eigenvalue weighted by molar-refractivity contribution is 9.10. The molecule has 1 rings (SSSR count). The average molecular weight is 273 g/mol. The predicted octanol–water partition coefficient (Wildman–Crippen LogP) is 2.64. The Morgan fingerprint density at radius 1 is 1.53 bits per heavy atom. The molecule has 82 valence electrons. The normalized spacial score (nSPS) is 11.5. The van der Waals surface area contributed by atoms with E-state index in [9.17, 15) is 10.1 Å². The summed E-state index contributed by atoms with van der Waals surface area (Å²) in [5.74, 6) is 0. The van der Waals surface area contributed by atoms with Gasteiger partial charge in [-0.1, -0.05) is 22.0 Å². The minimum Gasteiger partial charge on any atom is -0.325 e. The summed E-state index contributed by atoms with van der Waals surface area (Å²) in [6.45, 7) is 3.84. The monoisotopic (exact) mass is 272 g/mol. The van der Waals surface area contributed by atoms with Crippen LogP contribution in [0.3, 0.4) is 0 Å². The summed E-state index contributed by atoms with van der Waals surface area (Å²) in [4.78, 5) is 10.1. The van der Waals surface area contributed by atoms with Crippen molar-refractivity contribution in [2.75, 3.05) is 0 Å². The number of hydrogen-bond acceptors (Lipinski definition) is 3. The lowest BCUT2D eigenvalue weighted by Crippen LogP contribution is -2.34. The molecule has 4 nitrogen and oxygen atoms in total. The Bertz CT molecular complexity index is 385. The molecule has 5 heteroatoms. The Morgan fingerprint density at radius 2 is 2.13 bits per heavy atom. The molecule has 0 atom stereocenters. The molecular formula is C10H13BrN2O2. The van der Waals surface area contributed by atoms with Gasteiger partial charge in [0.05, 0.1) is 4.92 Å². The van der Waals surface area contributed by atoms with Crippen LogP contribution >= 0.6 is 15.9 Å². The zero-order chi connectivity index (χ0) is 11.6. The van der Waals surface area contributed by atoms with E-state index in [1.54, 1.807) is 6.07 Å². The van der Waals surface area contributed by atoms with E-state index in [4.69, 9.17) is 5.73 Å². The minimum atomic E-state index is -0.415. The molecule has 1 aromatic carbocycles. The molecule has 0 heterocycles. The van der Waals surface area contributed by atoms with Gasteiger partial charge in [0.2, 0.25) is 0 Å². The molecule has 2 N–H and O–H groups in total. The van der Waals surface area contributed by atoms with E-state index < -0.39 is 4.92 Å². The second-order valence-corrected chi connectivity index (χ2v) is 5.05. The van der Waals surface area contributed by atoms with Gasteiger partial charge < -0.3 is 5.73 Å². The van der Waals surface area contributed by atoms with Crippen LogP contribution in [-0.4, -0.2) is 10.5 Å². The smallest absolute Gasteiger partial charge is 0.270 e. The number of hydrogen-bond donors (Lipinski definition) is 1. The summed E-state index contributed by atoms with van der Waals surface area (Å²) in [6.07, 6.45) is 0.672. The first-order chi connectivity index (χ1) is 6.79. The van der Waals surface area contributed by atoms with Crippen LogP contribution in [0.5, 0.6) is 0 Å². The summed E-state index contributed by atoms with van der Waals surface area (Å²) in [7, 11) is 0. The van der Waals surface area contributed by atoms with Gasteiger partial charge in [-0.05, 0) is 25.8 Å². The molecule has 0 aliphatic rings. The van der Waals surface area contributed by atoms with E-state index in [2.05, 4.69) is 15.9 Å². The van der Waals surface area contributed by atoms with Gasteiger partial charge in [0.1, 0.15) is 0 Å². The minimum absolute atomic E-state index is 0.0838. The molecule has 0 amide bonds. The molecule has 0 bridgehead atoms. The third-order valence-electron chi connectivity index (χ3n) is 1.89. The van der Waals surface area contributed by atoms with Crippen molar-refractivity contribution in [3.8, 4) is 0 Å². The average Bonchev–Trinajstić information content (AvgIpc) is 2.05. The van der Waals surface area contributed by atoms with Gasteiger partial charge in [0.15, 0.2) is 0 Å². The van der Waals surface area contributed by atoms with Crippen molar-refractivity contribution in [3.63, 3.8) is 0 Å². The molecule has 1 aromatic rings. The van der Waals surface area contributed by atoms with Gasteiger partial charge in [-0.15, -0.1) is 0 Å². The molecule has 0 aliphatic carbocycles. The van der Waals surface area contributed by atoms with Crippen molar-refractivity contribution < 1.29 is 4.92 Å². The Hall–Kier alpha value is -0.940. The summed E-state index contributed by atoms with van der Waals surface area (Å²) in [5.41, 5.74) is 6.62. The third-order valence-corrected chi connectivity index (χ3v) is 2.63. The molecule has 0 aliphatic heterocycles. The van der Waals surface area contributed by atoms with E-state index in [0.717, 1.165) is 10.0 Å². The summed E-state index contributed by atoms with van der Waals surface area (Å²) in [6, 6.07) is 4.73. The lowest BCUT2D eigenvalue weighted by atomic mass is 9.96. The van der Waals surface area contributed by atoms with Crippen LogP contribution in [0.25, 0.3) is 0 Å². The number of nitrogens with zero attached hydrogens (tertiary/aromatic N) is 1. The van der Waals surface area contributed by atoms with E-state index in [0.29, 0.717) is 6.42 Å². The van der Waals surface area contributed by atoms with Crippen LogP contribution in [0.1, 0.15) is 19.4 Å². The van der Waals surface area contributed by atoms with Crippen LogP contribution in [0, 0.1) is 10.1 Å². The van der Waals surface area contributed by atoms with Crippen LogP contribution < -0.4 is 5.73 Å². The highest BCUT2D eigenvalue weighted by Crippen LogP contribution is 2.25. The summed E-state index contributed by atoms with van der Waals surface area (Å²) >= 11 is 3.31. The SMILES string of the molecule is CC(C)(N)Cc1ccc([N+](=O)[O-])cc1Br. The molecule has 0 aromatic heterocycles. The van der Waals surface area contributed by atoms with E-state index in [1.807, 2.05) is 13.8 Å². The predicted molar refractivity (Wildman–Crippen MR) is 62.8 cm³/mol. The topological polar surface area (TPSA) is 69.2 Å². The number of nitro benzene ring substituents is 1. The van der Waals surface area contributed by atoms with Crippen molar-refractivity contribution in [2.45, 2.75) is 25.8 Å². The van der Waals surface area contributed by atoms with Crippen molar-refractivity contribution in [1.29, 1.82) is 0 Å². The molecular weight excluding hydrogens is 260 g/mol. The van der Waals surface area contributed by atoms with E-state index >= 15 is 0 Å². The number of non-ortho nitro benzene ring substituents is 1. The van der Waals surface area contributed by atoms with Crippen molar-refractivity contribution in [2.24, 2.45) is 5.73 Å². The maximum absolute atomic E-state index is 10.5. The zero-order valence-electron chi connectivity index (χ0n) is 8.66. The largest absolute Gasteiger partial charge is 0.325 e. The quantitative estimate of drug-likeness (QED) is 0.679. The fourth-order valence-corrected chi connectivity index (χ4v) is 1.79. The van der Waals surface area contributed by atoms with Crippen molar-refractivity contribution in [1.82, 2.24) is 0 Å². The van der Waals surface area contributed by atoms with Crippen molar-refractivity contribution >= 4 is 21.6 Å². The van der Waals surface area contributed by atoms with Crippen LogP contribution in [0.2, 0.25) is 0 Å². The number of nitro groups is 1. The van der Waals surface area contributed by atoms with Gasteiger partial charge >= 0.3 is 0 Å². The summed E-state index contributed by atoms with van der Waals surface area (Å²) in [5, 5.41) is 10.5. The summed E-state index contributed by atoms with van der Waals surface area (Å²) < 4.78 is 0.732. The standard InChI is InChI=1S/C10H13BrN2O2/c1-10(2,12)6-7-3-4-8(13(14)15)5-9(7)11/h3-5H,6,12H2,1-2H3. The molecule has 0 spiro atoms. The van der Waals surface area contributed by atoms with Gasteiger partial charge in [-0.2, -0.15) is 0 Å². The molecule has 0 saturated carbocycles. The third kappa shape index (κ3) is 3.60. The second-order valence-electron chi connectivity index (χ2n) is 4.20. The fourth-order valence-electron chi connectivity index (χ4n) is 1.28. The molecule has 0 fully saturated rings. The molecule has 0 radical (unpaired) electrons. The Morgan fingerprint density at radius 3 is 2.53 bits per heavy atom. The second kappa shape index (κ2) is 4.28. The van der Waals surface area contributed by atoms with Gasteiger partial charge in [0, 0.05) is 22.1 Å². The first-order valence-electron chi connectivity index (χ1n) is 4.51. The highest BCUT2D eigenvalue weighted by Gasteiger charge is 2.15. The van der Waals surface area contributed by atoms with Gasteiger partial charge in [-0.3, -0.25) is 10.1 Å². The van der Waals surface area contributed by atoms with Crippen molar-refractivity contribution in [3.05, 3.63) is 38.3 Å². The Kier molecular flexibility index (Phi) is 3.46. The first-order valence-corrected chi connectivity index (χ1v) is 5.30. The first kappa shape index (κ1) is 12.1. The lowest BCUT2D eigenvalue weighted by Gasteiger charge is -2.19. The number of benzene rings is 1. The maximum atomic E-state index is 10.5. The van der Waals surface area contributed by atoms with Gasteiger partial charge in [-0.25, -0.2) is 0 Å². The number of nitrogens with two attached hydrogens (primary N) is 1. The molecule has 0 unspecified atom stereocenters. The Balaban J connectivity index is 2.99. The number of rotatable bonds is 3. The zero-order valence-corrected chi connectivity index (χ0v) is 10.2. The van der Waals surface area contributed by atoms with E-state index in [1.165, 1.54) is 12.1 Å². The highest BCUT2D eigenvalue weighted by atomic mass is 79.9. The van der Waals surface area contributed by atoms with E-state index in [-0.39, 0.29) is 11.2 Å². The lowest BCUT2D eigenvalue weighted by molar-refractivity contribution is -0.384. The fraction of sp³-hybridized carbons (Fsp3) is 0.400. The van der Waals surface area contributed by atoms with Crippen LogP contribution in [-0.2, 0) is 6.42 Å². The Labute approximate surface area is 96.8 Å². The van der Waals surface area contributed by atoms with Crippen LogP contribution in [0.4, 0.5) is 5.69 Å². The maximum Gasteiger partial charge on any atom is 0.270 e.